The molecule has 0 saturated carbocycles. The van der Waals surface area contributed by atoms with Crippen LogP contribution in [0.5, 0.6) is 0 Å². The van der Waals surface area contributed by atoms with Crippen molar-refractivity contribution in [2.24, 2.45) is 0 Å². The summed E-state index contributed by atoms with van der Waals surface area (Å²) < 4.78 is 72.9. The highest BCUT2D eigenvalue weighted by Gasteiger charge is 2.51. The summed E-state index contributed by atoms with van der Waals surface area (Å²) in [4.78, 5) is 15.3. The highest BCUT2D eigenvalue weighted by molar-refractivity contribution is 7.85. The number of halogens is 3. The van der Waals surface area contributed by atoms with Crippen LogP contribution in [-0.2, 0) is 16.5 Å². The van der Waals surface area contributed by atoms with E-state index in [0.29, 0.717) is 19.5 Å². The van der Waals surface area contributed by atoms with E-state index in [1.54, 1.807) is 0 Å². The van der Waals surface area contributed by atoms with Gasteiger partial charge < -0.3 is 4.90 Å². The first-order valence-corrected chi connectivity index (χ1v) is 10.1. The molecule has 1 aromatic rings. The first-order chi connectivity index (χ1) is 12.4. The number of carbonyl (C=O) groups is 1. The monoisotopic (exact) mass is 406 g/mol. The predicted octanol–water partition coefficient (Wildman–Crippen LogP) is 2.35. The van der Waals surface area contributed by atoms with Crippen molar-refractivity contribution in [2.45, 2.75) is 55.9 Å². The second-order valence-corrected chi connectivity index (χ2v) is 8.72. The van der Waals surface area contributed by atoms with Crippen LogP contribution in [0.25, 0.3) is 0 Å². The van der Waals surface area contributed by atoms with Crippen molar-refractivity contribution < 1.29 is 30.9 Å². The molecule has 0 aliphatic carbocycles. The van der Waals surface area contributed by atoms with Gasteiger partial charge in [-0.3, -0.25) is 14.2 Å². The molecule has 1 amide bonds. The third kappa shape index (κ3) is 3.83. The molecule has 150 valence electrons. The third-order valence-electron chi connectivity index (χ3n) is 5.28. The number of hydrogen-bond acceptors (Lipinski definition) is 4. The molecule has 0 radical (unpaired) electrons. The number of carbonyl (C=O) groups excluding carboxylic acids is 1. The normalized spacial score (nSPS) is 24.6. The lowest BCUT2D eigenvalue weighted by atomic mass is 9.91. The Bertz CT molecular complexity index is 854. The maximum Gasteiger partial charge on any atom is 0.409 e. The van der Waals surface area contributed by atoms with Gasteiger partial charge in [0.25, 0.3) is 16.0 Å². The molecular weight excluding hydrogens is 385 g/mol. The fourth-order valence-corrected chi connectivity index (χ4v) is 4.38. The van der Waals surface area contributed by atoms with Crippen molar-refractivity contribution in [1.29, 1.82) is 0 Å². The second-order valence-electron chi connectivity index (χ2n) is 7.30. The summed E-state index contributed by atoms with van der Waals surface area (Å²) in [7, 11) is -4.57. The van der Waals surface area contributed by atoms with Crippen LogP contribution in [-0.4, -0.2) is 66.1 Å². The Hall–Kier alpha value is -1.65. The lowest BCUT2D eigenvalue weighted by Gasteiger charge is -2.41. The van der Waals surface area contributed by atoms with E-state index in [1.165, 1.54) is 6.07 Å². The minimum atomic E-state index is -4.65. The van der Waals surface area contributed by atoms with Crippen molar-refractivity contribution in [2.75, 3.05) is 13.1 Å². The van der Waals surface area contributed by atoms with Gasteiger partial charge in [-0.2, -0.15) is 21.6 Å². The summed E-state index contributed by atoms with van der Waals surface area (Å²) in [5.41, 5.74) is 0.0262. The van der Waals surface area contributed by atoms with Gasteiger partial charge in [0.1, 0.15) is 6.04 Å². The zero-order valence-corrected chi connectivity index (χ0v) is 15.7. The van der Waals surface area contributed by atoms with Crippen LogP contribution in [0, 0.1) is 0 Å². The molecule has 27 heavy (non-hydrogen) atoms. The summed E-state index contributed by atoms with van der Waals surface area (Å²) >= 11 is 0. The molecule has 1 fully saturated rings. The lowest BCUT2D eigenvalue weighted by molar-refractivity contribution is -0.182. The van der Waals surface area contributed by atoms with Crippen molar-refractivity contribution in [3.8, 4) is 0 Å². The maximum atomic E-state index is 13.7. The zero-order valence-electron chi connectivity index (χ0n) is 14.9. The van der Waals surface area contributed by atoms with Crippen LogP contribution in [0.1, 0.15) is 36.2 Å². The Balaban J connectivity index is 2.01. The number of amides is 1. The Labute approximate surface area is 155 Å². The molecule has 0 unspecified atom stereocenters. The molecule has 0 spiro atoms. The number of nitrogens with zero attached hydrogens (tertiary/aromatic N) is 2. The summed E-state index contributed by atoms with van der Waals surface area (Å²) in [6, 6.07) is 0.757. The molecule has 0 bridgehead atoms. The summed E-state index contributed by atoms with van der Waals surface area (Å²) in [6.07, 6.45) is -4.73. The molecule has 2 atom stereocenters. The molecule has 1 aromatic carbocycles. The first kappa shape index (κ1) is 20.1. The number of fused-ring (bicyclic) bond motifs is 1. The molecule has 1 saturated heterocycles. The van der Waals surface area contributed by atoms with Gasteiger partial charge in [0.15, 0.2) is 0 Å². The van der Waals surface area contributed by atoms with Crippen LogP contribution in [0.4, 0.5) is 13.2 Å². The topological polar surface area (TPSA) is 77.9 Å². The Morgan fingerprint density at radius 3 is 2.44 bits per heavy atom. The maximum absolute atomic E-state index is 13.7. The number of rotatable bonds is 3. The van der Waals surface area contributed by atoms with Gasteiger partial charge in [0.05, 0.1) is 4.90 Å². The van der Waals surface area contributed by atoms with Gasteiger partial charge in [-0.05, 0) is 44.0 Å². The largest absolute Gasteiger partial charge is 0.409 e. The highest BCUT2D eigenvalue weighted by Crippen LogP contribution is 2.37. The van der Waals surface area contributed by atoms with E-state index in [4.69, 9.17) is 4.55 Å². The van der Waals surface area contributed by atoms with E-state index in [9.17, 15) is 26.4 Å². The van der Waals surface area contributed by atoms with Crippen molar-refractivity contribution in [1.82, 2.24) is 9.80 Å². The summed E-state index contributed by atoms with van der Waals surface area (Å²) in [6.45, 7) is 4.89. The Kier molecular flexibility index (Phi) is 5.02. The van der Waals surface area contributed by atoms with Gasteiger partial charge in [0, 0.05) is 37.2 Å². The molecule has 0 aromatic heterocycles. The number of likely N-dealkylation sites (tertiary alicyclic amines) is 1. The van der Waals surface area contributed by atoms with Crippen LogP contribution >= 0.6 is 0 Å². The van der Waals surface area contributed by atoms with Crippen LogP contribution in [0.2, 0.25) is 0 Å². The Morgan fingerprint density at radius 1 is 1.26 bits per heavy atom. The van der Waals surface area contributed by atoms with Crippen molar-refractivity contribution in [3.05, 3.63) is 29.3 Å². The SMILES string of the molecule is CC(C)N1CC[C@@H](N2C(=O)c3ccc(S(=O)(=O)O)cc3C[C@@H]2C(F)(F)F)C1. The van der Waals surface area contributed by atoms with Crippen LogP contribution in [0.15, 0.2) is 23.1 Å². The molecular formula is C17H21F3N2O4S. The van der Waals surface area contributed by atoms with E-state index in [0.717, 1.165) is 17.0 Å². The number of hydrogen-bond donors (Lipinski definition) is 1. The lowest BCUT2D eigenvalue weighted by Crippen LogP contribution is -2.57. The predicted molar refractivity (Wildman–Crippen MR) is 91.1 cm³/mol. The quantitative estimate of drug-likeness (QED) is 0.780. The van der Waals surface area contributed by atoms with E-state index < -0.39 is 45.6 Å². The highest BCUT2D eigenvalue weighted by atomic mass is 32.2. The van der Waals surface area contributed by atoms with Gasteiger partial charge >= 0.3 is 6.18 Å². The average molecular weight is 406 g/mol. The average Bonchev–Trinajstić information content (AvgIpc) is 3.02. The standard InChI is InChI=1S/C17H21F3N2O4S/c1-10(2)21-6-5-12(9-21)22-15(17(18,19)20)8-11-7-13(27(24,25)26)3-4-14(11)16(22)23/h3-4,7,10,12,15H,5-6,8-9H2,1-2H3,(H,24,25,26)/t12-,15-/m1/s1. The molecule has 6 nitrogen and oxygen atoms in total. The van der Waals surface area contributed by atoms with Crippen LogP contribution in [0.3, 0.4) is 0 Å². The van der Waals surface area contributed by atoms with E-state index >= 15 is 0 Å². The van der Waals surface area contributed by atoms with E-state index in [-0.39, 0.29) is 17.2 Å². The fraction of sp³-hybridized carbons (Fsp3) is 0.588. The van der Waals surface area contributed by atoms with E-state index in [1.807, 2.05) is 18.7 Å². The number of alkyl halides is 3. The summed E-state index contributed by atoms with van der Waals surface area (Å²) in [5.74, 6) is -0.754. The zero-order chi connectivity index (χ0) is 20.1. The third-order valence-corrected chi connectivity index (χ3v) is 6.13. The van der Waals surface area contributed by atoms with E-state index in [2.05, 4.69) is 0 Å². The van der Waals surface area contributed by atoms with Gasteiger partial charge in [0.2, 0.25) is 0 Å². The minimum Gasteiger partial charge on any atom is -0.322 e. The summed E-state index contributed by atoms with van der Waals surface area (Å²) in [5, 5.41) is 0. The first-order valence-electron chi connectivity index (χ1n) is 8.63. The van der Waals surface area contributed by atoms with Crippen molar-refractivity contribution in [3.63, 3.8) is 0 Å². The smallest absolute Gasteiger partial charge is 0.322 e. The molecule has 3 rings (SSSR count). The van der Waals surface area contributed by atoms with Crippen LogP contribution < -0.4 is 0 Å². The second kappa shape index (κ2) is 6.75. The molecule has 1 N–H and O–H groups in total. The van der Waals surface area contributed by atoms with Gasteiger partial charge in [-0.1, -0.05) is 0 Å². The van der Waals surface area contributed by atoms with Crippen molar-refractivity contribution >= 4 is 16.0 Å². The van der Waals surface area contributed by atoms with Gasteiger partial charge in [-0.15, -0.1) is 0 Å². The van der Waals surface area contributed by atoms with Gasteiger partial charge in [-0.25, -0.2) is 0 Å². The Morgan fingerprint density at radius 2 is 1.93 bits per heavy atom. The molecule has 2 heterocycles. The molecule has 2 aliphatic heterocycles. The minimum absolute atomic E-state index is 0.0209. The number of benzene rings is 1. The fourth-order valence-electron chi connectivity index (χ4n) is 3.85. The molecule has 10 heteroatoms. The molecule has 2 aliphatic rings.